The molecule has 4 atom stereocenters. The second-order valence-electron chi connectivity index (χ2n) is 6.43. The molecule has 0 radical (unpaired) electrons. The number of hydrogen-bond acceptors (Lipinski definition) is 2. The van der Waals surface area contributed by atoms with E-state index in [0.29, 0.717) is 18.9 Å². The van der Waals surface area contributed by atoms with Gasteiger partial charge in [0.25, 0.3) is 0 Å². The molecule has 21 heavy (non-hydrogen) atoms. The molecule has 0 spiro atoms. The van der Waals surface area contributed by atoms with Crippen molar-refractivity contribution in [3.8, 4) is 0 Å². The van der Waals surface area contributed by atoms with Gasteiger partial charge in [0.1, 0.15) is 6.04 Å². The zero-order chi connectivity index (χ0) is 15.6. The molecule has 1 saturated heterocycles. The van der Waals surface area contributed by atoms with Crippen LogP contribution in [0.2, 0.25) is 0 Å². The topological polar surface area (TPSA) is 60.9 Å². The molecular weight excluding hydrogens is 268 g/mol. The van der Waals surface area contributed by atoms with Gasteiger partial charge in [-0.05, 0) is 45.4 Å². The third-order valence-electron chi connectivity index (χ3n) is 5.30. The van der Waals surface area contributed by atoms with Gasteiger partial charge < -0.3 is 14.9 Å². The quantitative estimate of drug-likeness (QED) is 0.867. The van der Waals surface area contributed by atoms with Gasteiger partial charge in [0.2, 0.25) is 0 Å². The van der Waals surface area contributed by atoms with E-state index in [0.717, 1.165) is 25.7 Å². The van der Waals surface area contributed by atoms with Gasteiger partial charge in [-0.25, -0.2) is 9.59 Å². The van der Waals surface area contributed by atoms with Crippen molar-refractivity contribution >= 4 is 12.0 Å². The number of aliphatic carboxylic acids is 1. The first kappa shape index (κ1) is 16.1. The maximum absolute atomic E-state index is 12.9. The number of urea groups is 1. The van der Waals surface area contributed by atoms with E-state index in [-0.39, 0.29) is 18.1 Å². The van der Waals surface area contributed by atoms with Crippen molar-refractivity contribution in [2.45, 2.75) is 77.4 Å². The van der Waals surface area contributed by atoms with Gasteiger partial charge in [0.15, 0.2) is 0 Å². The number of amides is 2. The van der Waals surface area contributed by atoms with Crippen LogP contribution in [0, 0.1) is 5.92 Å². The lowest BCUT2D eigenvalue weighted by Crippen LogP contribution is -2.54. The molecule has 1 heterocycles. The Kier molecular flexibility index (Phi) is 5.12. The van der Waals surface area contributed by atoms with Gasteiger partial charge in [0, 0.05) is 18.6 Å². The number of carbonyl (C=O) groups is 2. The minimum absolute atomic E-state index is 0.0753. The average molecular weight is 296 g/mol. The predicted molar refractivity (Wildman–Crippen MR) is 81.2 cm³/mol. The van der Waals surface area contributed by atoms with Gasteiger partial charge in [0.05, 0.1) is 0 Å². The Bertz CT molecular complexity index is 399. The Hall–Kier alpha value is -1.26. The lowest BCUT2D eigenvalue weighted by Gasteiger charge is -2.38. The highest BCUT2D eigenvalue weighted by Crippen LogP contribution is 2.40. The van der Waals surface area contributed by atoms with Crippen molar-refractivity contribution in [2.75, 3.05) is 6.54 Å². The summed E-state index contributed by atoms with van der Waals surface area (Å²) in [5.41, 5.74) is 0. The van der Waals surface area contributed by atoms with Gasteiger partial charge >= 0.3 is 12.0 Å². The second-order valence-corrected chi connectivity index (χ2v) is 6.43. The van der Waals surface area contributed by atoms with Crippen LogP contribution in [0.1, 0.15) is 59.3 Å². The predicted octanol–water partition coefficient (Wildman–Crippen LogP) is 2.94. The molecule has 1 saturated carbocycles. The Balaban J connectivity index is 2.23. The molecule has 1 aliphatic carbocycles. The summed E-state index contributed by atoms with van der Waals surface area (Å²) in [5, 5.41) is 9.52. The molecule has 5 nitrogen and oxygen atoms in total. The molecule has 0 aromatic heterocycles. The van der Waals surface area contributed by atoms with Crippen LogP contribution in [0.15, 0.2) is 0 Å². The fourth-order valence-electron chi connectivity index (χ4n) is 3.96. The monoisotopic (exact) mass is 296 g/mol. The molecule has 1 N–H and O–H groups in total. The van der Waals surface area contributed by atoms with Gasteiger partial charge in [-0.15, -0.1) is 0 Å². The molecule has 5 heteroatoms. The third kappa shape index (κ3) is 3.01. The average Bonchev–Trinajstić information content (AvgIpc) is 2.87. The van der Waals surface area contributed by atoms with Crippen molar-refractivity contribution < 1.29 is 14.7 Å². The Labute approximate surface area is 127 Å². The van der Waals surface area contributed by atoms with E-state index < -0.39 is 12.0 Å². The van der Waals surface area contributed by atoms with Crippen LogP contribution in [0.5, 0.6) is 0 Å². The number of carbonyl (C=O) groups excluding carboxylic acids is 1. The molecule has 2 rings (SSSR count). The molecule has 2 amide bonds. The van der Waals surface area contributed by atoms with Gasteiger partial charge in [-0.1, -0.05) is 19.8 Å². The van der Waals surface area contributed by atoms with Crippen LogP contribution >= 0.6 is 0 Å². The van der Waals surface area contributed by atoms with Crippen LogP contribution < -0.4 is 0 Å². The van der Waals surface area contributed by atoms with Crippen LogP contribution in [0.3, 0.4) is 0 Å². The SMILES string of the molecule is CCC(C)N(CC)C(=O)N1C(C(=O)O)CC2CCCCC21. The molecule has 1 aliphatic heterocycles. The zero-order valence-corrected chi connectivity index (χ0v) is 13.4. The number of hydrogen-bond donors (Lipinski definition) is 1. The maximum Gasteiger partial charge on any atom is 0.326 e. The summed E-state index contributed by atoms with van der Waals surface area (Å²) in [4.78, 5) is 28.1. The van der Waals surface area contributed by atoms with Gasteiger partial charge in [-0.3, -0.25) is 0 Å². The van der Waals surface area contributed by atoms with Crippen molar-refractivity contribution in [1.82, 2.24) is 9.80 Å². The first-order chi connectivity index (χ1) is 10.0. The summed E-state index contributed by atoms with van der Waals surface area (Å²) < 4.78 is 0. The summed E-state index contributed by atoms with van der Waals surface area (Å²) in [5.74, 6) is -0.475. The molecule has 0 aromatic rings. The van der Waals surface area contributed by atoms with E-state index in [4.69, 9.17) is 0 Å². The highest BCUT2D eigenvalue weighted by Gasteiger charge is 2.48. The number of rotatable bonds is 4. The number of carboxylic acid groups (broad SMARTS) is 1. The molecular formula is C16H28N2O3. The standard InChI is InChI=1S/C16H28N2O3/c1-4-11(3)17(5-2)16(21)18-13-9-7-6-8-12(13)10-14(18)15(19)20/h11-14H,4-10H2,1-3H3,(H,19,20). The highest BCUT2D eigenvalue weighted by molar-refractivity contribution is 5.84. The zero-order valence-electron chi connectivity index (χ0n) is 13.4. The summed E-state index contributed by atoms with van der Waals surface area (Å²) in [7, 11) is 0. The third-order valence-corrected chi connectivity index (χ3v) is 5.30. The molecule has 0 aromatic carbocycles. The van der Waals surface area contributed by atoms with Crippen molar-refractivity contribution in [2.24, 2.45) is 5.92 Å². The number of carboxylic acids is 1. The summed E-state index contributed by atoms with van der Waals surface area (Å²) in [6.45, 7) is 6.69. The van der Waals surface area contributed by atoms with E-state index in [9.17, 15) is 14.7 Å². The lowest BCUT2D eigenvalue weighted by molar-refractivity contribution is -0.141. The highest BCUT2D eigenvalue weighted by atomic mass is 16.4. The molecule has 2 aliphatic rings. The largest absolute Gasteiger partial charge is 0.480 e. The fourth-order valence-corrected chi connectivity index (χ4v) is 3.96. The molecule has 120 valence electrons. The minimum Gasteiger partial charge on any atom is -0.480 e. The summed E-state index contributed by atoms with van der Waals surface area (Å²) >= 11 is 0. The fraction of sp³-hybridized carbons (Fsp3) is 0.875. The molecule has 4 unspecified atom stereocenters. The minimum atomic E-state index is -0.849. The summed E-state index contributed by atoms with van der Waals surface area (Å²) in [6.07, 6.45) is 5.81. The van der Waals surface area contributed by atoms with E-state index in [1.54, 1.807) is 4.90 Å². The Morgan fingerprint density at radius 1 is 1.29 bits per heavy atom. The molecule has 0 bridgehead atoms. The Morgan fingerprint density at radius 2 is 1.95 bits per heavy atom. The first-order valence-electron chi connectivity index (χ1n) is 8.32. The summed E-state index contributed by atoms with van der Waals surface area (Å²) in [6, 6.07) is -0.428. The number of nitrogens with zero attached hydrogens (tertiary/aromatic N) is 2. The smallest absolute Gasteiger partial charge is 0.326 e. The number of fused-ring (bicyclic) bond motifs is 1. The van der Waals surface area contributed by atoms with Gasteiger partial charge in [-0.2, -0.15) is 0 Å². The van der Waals surface area contributed by atoms with Crippen molar-refractivity contribution in [3.05, 3.63) is 0 Å². The van der Waals surface area contributed by atoms with E-state index in [2.05, 4.69) is 6.92 Å². The van der Waals surface area contributed by atoms with Crippen LogP contribution in [0.25, 0.3) is 0 Å². The maximum atomic E-state index is 12.9. The van der Waals surface area contributed by atoms with Crippen molar-refractivity contribution in [1.29, 1.82) is 0 Å². The number of likely N-dealkylation sites (tertiary alicyclic amines) is 1. The lowest BCUT2D eigenvalue weighted by atomic mass is 9.85. The van der Waals surface area contributed by atoms with Crippen molar-refractivity contribution in [3.63, 3.8) is 0 Å². The molecule has 2 fully saturated rings. The Morgan fingerprint density at radius 3 is 2.52 bits per heavy atom. The normalized spacial score (nSPS) is 29.9. The first-order valence-corrected chi connectivity index (χ1v) is 8.32. The van der Waals surface area contributed by atoms with E-state index >= 15 is 0 Å². The van der Waals surface area contributed by atoms with Crippen LogP contribution in [-0.4, -0.2) is 51.6 Å². The second kappa shape index (κ2) is 6.67. The van der Waals surface area contributed by atoms with E-state index in [1.807, 2.05) is 18.7 Å². The van der Waals surface area contributed by atoms with Crippen LogP contribution in [-0.2, 0) is 4.79 Å². The van der Waals surface area contributed by atoms with Crippen LogP contribution in [0.4, 0.5) is 4.79 Å². The van der Waals surface area contributed by atoms with E-state index in [1.165, 1.54) is 6.42 Å².